The molecule has 0 fully saturated rings. The highest BCUT2D eigenvalue weighted by molar-refractivity contribution is 7.85. The Hall–Kier alpha value is -3.89. The Morgan fingerprint density at radius 1 is 0.854 bits per heavy atom. The minimum absolute atomic E-state index is 0.0209. The molecule has 0 saturated heterocycles. The number of ether oxygens (including phenoxy) is 2. The first-order chi connectivity index (χ1) is 19.4. The molecule has 0 spiro atoms. The number of benzene rings is 3. The predicted molar refractivity (Wildman–Crippen MR) is 156 cm³/mol. The van der Waals surface area contributed by atoms with E-state index in [-0.39, 0.29) is 25.7 Å². The van der Waals surface area contributed by atoms with E-state index in [2.05, 4.69) is 34.9 Å². The van der Waals surface area contributed by atoms with Gasteiger partial charge in [-0.1, -0.05) is 66.7 Å². The summed E-state index contributed by atoms with van der Waals surface area (Å²) in [5.41, 5.74) is 6.12. The number of hydrogen-bond donors (Lipinski definition) is 2. The maximum Gasteiger partial charge on any atom is 0.407 e. The molecule has 10 heteroatoms. The van der Waals surface area contributed by atoms with Gasteiger partial charge in [0.05, 0.1) is 12.9 Å². The largest absolute Gasteiger partial charge is 0.449 e. The van der Waals surface area contributed by atoms with Crippen LogP contribution < -0.4 is 10.6 Å². The van der Waals surface area contributed by atoms with Crippen LogP contribution in [0.4, 0.5) is 9.59 Å². The molecule has 41 heavy (non-hydrogen) atoms. The second-order valence-corrected chi connectivity index (χ2v) is 12.6. The predicted octanol–water partition coefficient (Wildman–Crippen LogP) is 5.27. The van der Waals surface area contributed by atoms with Gasteiger partial charge in [-0.25, -0.2) is 9.59 Å². The highest BCUT2D eigenvalue weighted by Gasteiger charge is 2.29. The number of carbonyl (C=O) groups is 2. The van der Waals surface area contributed by atoms with E-state index in [0.29, 0.717) is 24.1 Å². The lowest BCUT2D eigenvalue weighted by molar-refractivity contribution is 0.0523. The summed E-state index contributed by atoms with van der Waals surface area (Å²) in [6.07, 6.45) is 0.374. The molecule has 0 aliphatic heterocycles. The number of rotatable bonds is 10. The van der Waals surface area contributed by atoms with Gasteiger partial charge in [-0.15, -0.1) is 0 Å². The van der Waals surface area contributed by atoms with Crippen LogP contribution in [-0.2, 0) is 43.3 Å². The summed E-state index contributed by atoms with van der Waals surface area (Å²) >= 11 is 0. The van der Waals surface area contributed by atoms with Crippen molar-refractivity contribution >= 4 is 22.3 Å². The number of nitrogens with one attached hydrogen (secondary N) is 2. The monoisotopic (exact) mass is 580 g/mol. The van der Waals surface area contributed by atoms with Gasteiger partial charge in [0.1, 0.15) is 12.2 Å². The molecule has 0 aromatic heterocycles. The summed E-state index contributed by atoms with van der Waals surface area (Å²) in [7, 11) is -3.67. The number of fused-ring (bicyclic) bond motifs is 3. The number of hydrogen-bond acceptors (Lipinski definition) is 7. The molecule has 2 N–H and O–H groups in total. The van der Waals surface area contributed by atoms with E-state index in [0.717, 1.165) is 34.1 Å². The molecule has 4 rings (SSSR count). The normalized spacial score (nSPS) is 12.8. The van der Waals surface area contributed by atoms with Crippen LogP contribution in [0.1, 0.15) is 54.5 Å². The van der Waals surface area contributed by atoms with Crippen LogP contribution in [0.25, 0.3) is 11.1 Å². The van der Waals surface area contributed by atoms with Crippen LogP contribution in [0, 0.1) is 0 Å². The molecule has 0 heterocycles. The molecule has 0 radical (unpaired) electrons. The lowest BCUT2D eigenvalue weighted by atomic mass is 9.98. The molecule has 1 aliphatic rings. The van der Waals surface area contributed by atoms with Gasteiger partial charge < -0.3 is 20.1 Å². The third-order valence-corrected chi connectivity index (χ3v) is 7.09. The minimum atomic E-state index is -3.67. The molecule has 3 aromatic rings. The lowest BCUT2D eigenvalue weighted by Gasteiger charge is -2.20. The van der Waals surface area contributed by atoms with E-state index >= 15 is 0 Å². The van der Waals surface area contributed by atoms with Crippen molar-refractivity contribution in [2.24, 2.45) is 0 Å². The Morgan fingerprint density at radius 3 is 2.10 bits per heavy atom. The van der Waals surface area contributed by atoms with Gasteiger partial charge in [0.15, 0.2) is 0 Å². The molecule has 0 unspecified atom stereocenters. The molecule has 0 atom stereocenters. The first-order valence-corrected chi connectivity index (χ1v) is 15.2. The standard InChI is InChI=1S/C31H36N2O7S/c1-31(2,3)40-30(35)33-18-22-14-13-21(17-23(22)19-39-41(4,36)37)15-16-32-29(34)38-20-28-26-11-7-5-9-24(26)25-10-6-8-12-27(25)28/h5-14,17,28H,15-16,18-20H2,1-4H3,(H,32,34)(H,33,35). The zero-order chi connectivity index (χ0) is 29.6. The SMILES string of the molecule is CC(C)(C)OC(=O)NCc1ccc(CCNC(=O)OCC2c3ccccc3-c3ccccc32)cc1COS(C)(=O)=O. The summed E-state index contributed by atoms with van der Waals surface area (Å²) in [6.45, 7) is 5.80. The Labute approximate surface area is 241 Å². The fourth-order valence-electron chi connectivity index (χ4n) is 4.75. The Morgan fingerprint density at radius 2 is 1.49 bits per heavy atom. The zero-order valence-corrected chi connectivity index (χ0v) is 24.5. The van der Waals surface area contributed by atoms with Gasteiger partial charge in [-0.05, 0) is 66.1 Å². The van der Waals surface area contributed by atoms with Crippen molar-refractivity contribution in [3.63, 3.8) is 0 Å². The molecule has 3 aromatic carbocycles. The van der Waals surface area contributed by atoms with Crippen molar-refractivity contribution in [1.82, 2.24) is 10.6 Å². The highest BCUT2D eigenvalue weighted by atomic mass is 32.2. The molecule has 0 bridgehead atoms. The first kappa shape index (κ1) is 30.1. The number of alkyl carbamates (subject to hydrolysis) is 2. The van der Waals surface area contributed by atoms with Gasteiger partial charge in [-0.2, -0.15) is 8.42 Å². The topological polar surface area (TPSA) is 120 Å². The fraction of sp³-hybridized carbons (Fsp3) is 0.355. The van der Waals surface area contributed by atoms with Crippen LogP contribution in [-0.4, -0.2) is 45.6 Å². The van der Waals surface area contributed by atoms with Crippen LogP contribution in [0.2, 0.25) is 0 Å². The maximum atomic E-state index is 12.5. The van der Waals surface area contributed by atoms with E-state index in [4.69, 9.17) is 13.7 Å². The average molecular weight is 581 g/mol. The van der Waals surface area contributed by atoms with Crippen LogP contribution in [0.3, 0.4) is 0 Å². The fourth-order valence-corrected chi connectivity index (χ4v) is 5.09. The number of amides is 2. The number of carbonyl (C=O) groups excluding carboxylic acids is 2. The molecular weight excluding hydrogens is 544 g/mol. The van der Waals surface area contributed by atoms with Crippen LogP contribution in [0.15, 0.2) is 66.7 Å². The maximum absolute atomic E-state index is 12.5. The van der Waals surface area contributed by atoms with Crippen LogP contribution >= 0.6 is 0 Å². The molecule has 1 aliphatic carbocycles. The van der Waals surface area contributed by atoms with E-state index in [1.807, 2.05) is 30.3 Å². The smallest absolute Gasteiger partial charge is 0.407 e. The van der Waals surface area contributed by atoms with Gasteiger partial charge in [0, 0.05) is 19.0 Å². The van der Waals surface area contributed by atoms with Crippen molar-refractivity contribution in [3.05, 3.63) is 94.5 Å². The summed E-state index contributed by atoms with van der Waals surface area (Å²) in [5.74, 6) is -0.0209. The third-order valence-electron chi connectivity index (χ3n) is 6.55. The summed E-state index contributed by atoms with van der Waals surface area (Å²) in [4.78, 5) is 24.6. The molecule has 218 valence electrons. The van der Waals surface area contributed by atoms with E-state index in [1.54, 1.807) is 32.9 Å². The second kappa shape index (κ2) is 12.7. The quantitative estimate of drug-likeness (QED) is 0.314. The molecule has 2 amide bonds. The Balaban J connectivity index is 1.33. The minimum Gasteiger partial charge on any atom is -0.449 e. The molecule has 0 saturated carbocycles. The Bertz CT molecular complexity index is 1470. The van der Waals surface area contributed by atoms with Crippen LogP contribution in [0.5, 0.6) is 0 Å². The summed E-state index contributed by atoms with van der Waals surface area (Å²) < 4.78 is 39.1. The highest BCUT2D eigenvalue weighted by Crippen LogP contribution is 2.44. The summed E-state index contributed by atoms with van der Waals surface area (Å²) in [6, 6.07) is 21.8. The van der Waals surface area contributed by atoms with E-state index < -0.39 is 27.9 Å². The average Bonchev–Trinajstić information content (AvgIpc) is 3.22. The van der Waals surface area contributed by atoms with Crippen molar-refractivity contribution in [2.45, 2.75) is 51.9 Å². The third kappa shape index (κ3) is 8.55. The van der Waals surface area contributed by atoms with Gasteiger partial charge >= 0.3 is 12.2 Å². The van der Waals surface area contributed by atoms with Gasteiger partial charge in [0.2, 0.25) is 0 Å². The van der Waals surface area contributed by atoms with Gasteiger partial charge in [0.25, 0.3) is 10.1 Å². The molecule has 9 nitrogen and oxygen atoms in total. The Kier molecular flexibility index (Phi) is 9.35. The van der Waals surface area contributed by atoms with Gasteiger partial charge in [-0.3, -0.25) is 4.18 Å². The zero-order valence-electron chi connectivity index (χ0n) is 23.7. The lowest BCUT2D eigenvalue weighted by Crippen LogP contribution is -2.32. The van der Waals surface area contributed by atoms with E-state index in [1.165, 1.54) is 0 Å². The summed E-state index contributed by atoms with van der Waals surface area (Å²) in [5, 5.41) is 5.47. The van der Waals surface area contributed by atoms with Crippen molar-refractivity contribution in [3.8, 4) is 11.1 Å². The second-order valence-electron chi connectivity index (χ2n) is 10.9. The van der Waals surface area contributed by atoms with Crippen molar-refractivity contribution in [2.75, 3.05) is 19.4 Å². The van der Waals surface area contributed by atoms with E-state index in [9.17, 15) is 18.0 Å². The van der Waals surface area contributed by atoms with Crippen molar-refractivity contribution in [1.29, 1.82) is 0 Å². The molecular formula is C31H36N2O7S. The first-order valence-electron chi connectivity index (χ1n) is 13.4. The van der Waals surface area contributed by atoms with Crippen molar-refractivity contribution < 1.29 is 31.7 Å².